The van der Waals surface area contributed by atoms with Gasteiger partial charge in [0.05, 0.1) is 0 Å². The SMILES string of the molecule is O=C(CCc1ccc2c(c1)OCO2)N1CCC(CCO)C1. The Balaban J connectivity index is 1.50. The van der Waals surface area contributed by atoms with Gasteiger partial charge in [-0.1, -0.05) is 6.07 Å². The van der Waals surface area contributed by atoms with E-state index in [1.165, 1.54) is 0 Å². The number of hydrogen-bond acceptors (Lipinski definition) is 4. The van der Waals surface area contributed by atoms with Crippen molar-refractivity contribution in [2.24, 2.45) is 5.92 Å². The second-order valence-electron chi connectivity index (χ2n) is 5.69. The van der Waals surface area contributed by atoms with E-state index in [0.717, 1.165) is 49.4 Å². The van der Waals surface area contributed by atoms with Gasteiger partial charge < -0.3 is 19.5 Å². The lowest BCUT2D eigenvalue weighted by atomic mass is 10.1. The number of carbonyl (C=O) groups excluding carboxylic acids is 1. The molecule has 0 bridgehead atoms. The van der Waals surface area contributed by atoms with Gasteiger partial charge in [0, 0.05) is 26.1 Å². The van der Waals surface area contributed by atoms with Crippen LogP contribution >= 0.6 is 0 Å². The molecule has 1 amide bonds. The molecule has 0 aromatic heterocycles. The van der Waals surface area contributed by atoms with E-state index < -0.39 is 0 Å². The molecule has 1 aromatic carbocycles. The molecule has 1 N–H and O–H groups in total. The fourth-order valence-electron chi connectivity index (χ4n) is 2.98. The molecule has 1 unspecified atom stereocenters. The molecule has 1 fully saturated rings. The van der Waals surface area contributed by atoms with Gasteiger partial charge >= 0.3 is 0 Å². The Labute approximate surface area is 124 Å². The van der Waals surface area contributed by atoms with Crippen molar-refractivity contribution in [2.45, 2.75) is 25.7 Å². The molecule has 1 aromatic rings. The highest BCUT2D eigenvalue weighted by molar-refractivity contribution is 5.76. The van der Waals surface area contributed by atoms with Crippen LogP contribution in [0.4, 0.5) is 0 Å². The van der Waals surface area contributed by atoms with Gasteiger partial charge in [0.15, 0.2) is 11.5 Å². The molecule has 2 heterocycles. The minimum Gasteiger partial charge on any atom is -0.454 e. The third-order valence-corrected chi connectivity index (χ3v) is 4.24. The molecule has 21 heavy (non-hydrogen) atoms. The van der Waals surface area contributed by atoms with Gasteiger partial charge in [-0.15, -0.1) is 0 Å². The summed E-state index contributed by atoms with van der Waals surface area (Å²) in [5.41, 5.74) is 1.10. The standard InChI is InChI=1S/C16H21NO4/c18-8-6-13-5-7-17(10-13)16(19)4-2-12-1-3-14-15(9-12)21-11-20-14/h1,3,9,13,18H,2,4-8,10-11H2. The Kier molecular flexibility index (Phi) is 4.29. The highest BCUT2D eigenvalue weighted by atomic mass is 16.7. The second kappa shape index (κ2) is 6.35. The first-order valence-electron chi connectivity index (χ1n) is 7.53. The molecule has 5 heteroatoms. The Morgan fingerprint density at radius 3 is 3.05 bits per heavy atom. The molecule has 2 aliphatic rings. The van der Waals surface area contributed by atoms with Crippen LogP contribution in [0.3, 0.4) is 0 Å². The Hall–Kier alpha value is -1.75. The zero-order chi connectivity index (χ0) is 14.7. The number of aliphatic hydroxyl groups is 1. The van der Waals surface area contributed by atoms with E-state index in [-0.39, 0.29) is 19.3 Å². The lowest BCUT2D eigenvalue weighted by Gasteiger charge is -2.16. The van der Waals surface area contributed by atoms with Crippen molar-refractivity contribution in [3.63, 3.8) is 0 Å². The quantitative estimate of drug-likeness (QED) is 0.895. The summed E-state index contributed by atoms with van der Waals surface area (Å²) in [5.74, 6) is 2.21. The maximum Gasteiger partial charge on any atom is 0.231 e. The number of aliphatic hydroxyl groups excluding tert-OH is 1. The summed E-state index contributed by atoms with van der Waals surface area (Å²) in [7, 11) is 0. The average molecular weight is 291 g/mol. The molecule has 1 atom stereocenters. The molecule has 1 saturated heterocycles. The summed E-state index contributed by atoms with van der Waals surface area (Å²) in [6.07, 6.45) is 3.05. The van der Waals surface area contributed by atoms with Crippen LogP contribution in [0, 0.1) is 5.92 Å². The zero-order valence-corrected chi connectivity index (χ0v) is 12.1. The molecule has 0 spiro atoms. The van der Waals surface area contributed by atoms with Crippen molar-refractivity contribution in [3.8, 4) is 11.5 Å². The number of fused-ring (bicyclic) bond motifs is 1. The molecule has 114 valence electrons. The molecule has 0 radical (unpaired) electrons. The number of benzene rings is 1. The second-order valence-corrected chi connectivity index (χ2v) is 5.69. The van der Waals surface area contributed by atoms with E-state index >= 15 is 0 Å². The number of hydrogen-bond donors (Lipinski definition) is 1. The minimum absolute atomic E-state index is 0.202. The van der Waals surface area contributed by atoms with Crippen molar-refractivity contribution in [1.29, 1.82) is 0 Å². The highest BCUT2D eigenvalue weighted by Crippen LogP contribution is 2.32. The monoisotopic (exact) mass is 291 g/mol. The third-order valence-electron chi connectivity index (χ3n) is 4.24. The lowest BCUT2D eigenvalue weighted by molar-refractivity contribution is -0.130. The van der Waals surface area contributed by atoms with E-state index in [1.807, 2.05) is 23.1 Å². The van der Waals surface area contributed by atoms with Gasteiger partial charge in [-0.2, -0.15) is 0 Å². The molecule has 3 rings (SSSR count). The van der Waals surface area contributed by atoms with Gasteiger partial charge in [0.25, 0.3) is 0 Å². The summed E-state index contributed by atoms with van der Waals surface area (Å²) >= 11 is 0. The molecule has 2 aliphatic heterocycles. The van der Waals surface area contributed by atoms with Crippen LogP contribution in [0.2, 0.25) is 0 Å². The van der Waals surface area contributed by atoms with Gasteiger partial charge in [-0.05, 0) is 42.9 Å². The third kappa shape index (κ3) is 3.29. The van der Waals surface area contributed by atoms with Crippen LogP contribution in [-0.2, 0) is 11.2 Å². The first-order chi connectivity index (χ1) is 10.3. The maximum atomic E-state index is 12.2. The van der Waals surface area contributed by atoms with E-state index in [0.29, 0.717) is 12.3 Å². The van der Waals surface area contributed by atoms with Crippen molar-refractivity contribution >= 4 is 5.91 Å². The van der Waals surface area contributed by atoms with Gasteiger partial charge in [0.1, 0.15) is 0 Å². The van der Waals surface area contributed by atoms with Crippen LogP contribution in [-0.4, -0.2) is 42.4 Å². The minimum atomic E-state index is 0.202. The maximum absolute atomic E-state index is 12.2. The largest absolute Gasteiger partial charge is 0.454 e. The Morgan fingerprint density at radius 1 is 1.33 bits per heavy atom. The van der Waals surface area contributed by atoms with Crippen molar-refractivity contribution in [1.82, 2.24) is 4.90 Å². The predicted molar refractivity (Wildman–Crippen MR) is 77.3 cm³/mol. The number of nitrogens with zero attached hydrogens (tertiary/aromatic N) is 1. The summed E-state index contributed by atoms with van der Waals surface area (Å²) in [5, 5.41) is 8.95. The van der Waals surface area contributed by atoms with Crippen molar-refractivity contribution in [3.05, 3.63) is 23.8 Å². The Bertz CT molecular complexity index is 517. The fraction of sp³-hybridized carbons (Fsp3) is 0.562. The number of aryl methyl sites for hydroxylation is 1. The summed E-state index contributed by atoms with van der Waals surface area (Å²) in [6.45, 7) is 2.10. The topological polar surface area (TPSA) is 59.0 Å². The van der Waals surface area contributed by atoms with Crippen LogP contribution in [0.5, 0.6) is 11.5 Å². The molecular formula is C16H21NO4. The zero-order valence-electron chi connectivity index (χ0n) is 12.1. The van der Waals surface area contributed by atoms with Crippen LogP contribution in [0.25, 0.3) is 0 Å². The first-order valence-corrected chi connectivity index (χ1v) is 7.53. The van der Waals surface area contributed by atoms with Crippen LogP contribution < -0.4 is 9.47 Å². The first kappa shape index (κ1) is 14.2. The molecule has 0 aliphatic carbocycles. The number of rotatable bonds is 5. The average Bonchev–Trinajstić information content (AvgIpc) is 3.13. The Morgan fingerprint density at radius 2 is 2.19 bits per heavy atom. The lowest BCUT2D eigenvalue weighted by Crippen LogP contribution is -2.28. The van der Waals surface area contributed by atoms with Crippen LogP contribution in [0.1, 0.15) is 24.8 Å². The van der Waals surface area contributed by atoms with E-state index in [9.17, 15) is 4.79 Å². The molecular weight excluding hydrogens is 270 g/mol. The van der Waals surface area contributed by atoms with Gasteiger partial charge in [-0.25, -0.2) is 0 Å². The van der Waals surface area contributed by atoms with Crippen molar-refractivity contribution in [2.75, 3.05) is 26.5 Å². The van der Waals surface area contributed by atoms with Gasteiger partial charge in [0.2, 0.25) is 12.7 Å². The predicted octanol–water partition coefficient (Wildman–Crippen LogP) is 1.58. The number of likely N-dealkylation sites (tertiary alicyclic amines) is 1. The molecule has 5 nitrogen and oxygen atoms in total. The summed E-state index contributed by atoms with van der Waals surface area (Å²) in [4.78, 5) is 14.1. The summed E-state index contributed by atoms with van der Waals surface area (Å²) in [6, 6.07) is 5.84. The smallest absolute Gasteiger partial charge is 0.231 e. The number of amides is 1. The van der Waals surface area contributed by atoms with Crippen LogP contribution in [0.15, 0.2) is 18.2 Å². The number of carbonyl (C=O) groups is 1. The number of ether oxygens (including phenoxy) is 2. The normalized spacial score (nSPS) is 20.0. The highest BCUT2D eigenvalue weighted by Gasteiger charge is 2.25. The van der Waals surface area contributed by atoms with Gasteiger partial charge in [-0.3, -0.25) is 4.79 Å². The van der Waals surface area contributed by atoms with E-state index in [2.05, 4.69) is 0 Å². The van der Waals surface area contributed by atoms with E-state index in [4.69, 9.17) is 14.6 Å². The van der Waals surface area contributed by atoms with E-state index in [1.54, 1.807) is 0 Å². The summed E-state index contributed by atoms with van der Waals surface area (Å²) < 4.78 is 10.6. The van der Waals surface area contributed by atoms with Crippen molar-refractivity contribution < 1.29 is 19.4 Å². The molecule has 0 saturated carbocycles. The fourth-order valence-corrected chi connectivity index (χ4v) is 2.98.